The lowest BCUT2D eigenvalue weighted by atomic mass is 9.89. The first-order valence-electron chi connectivity index (χ1n) is 13.0. The Kier molecular flexibility index (Phi) is 7.03. The highest BCUT2D eigenvalue weighted by Gasteiger charge is 2.32. The molecule has 0 radical (unpaired) electrons. The van der Waals surface area contributed by atoms with E-state index in [2.05, 4.69) is 0 Å². The number of carbonyl (C=O) groups excluding carboxylic acids is 1. The van der Waals surface area contributed by atoms with Gasteiger partial charge in [-0.1, -0.05) is 24.3 Å². The van der Waals surface area contributed by atoms with Crippen LogP contribution in [0.3, 0.4) is 0 Å². The number of hydrogen-bond acceptors (Lipinski definition) is 6. The first kappa shape index (κ1) is 26.6. The minimum Gasteiger partial charge on any atom is -0.444 e. The van der Waals surface area contributed by atoms with Crippen molar-refractivity contribution < 1.29 is 23.5 Å². The van der Waals surface area contributed by atoms with E-state index in [1.165, 1.54) is 18.3 Å². The maximum Gasteiger partial charge on any atom is 0.410 e. The van der Waals surface area contributed by atoms with Crippen molar-refractivity contribution in [2.45, 2.75) is 39.3 Å². The summed E-state index contributed by atoms with van der Waals surface area (Å²) < 4.78 is 34.4. The van der Waals surface area contributed by atoms with Gasteiger partial charge >= 0.3 is 6.09 Å². The van der Waals surface area contributed by atoms with Crippen LogP contribution in [0.15, 0.2) is 54.7 Å². The van der Waals surface area contributed by atoms with Gasteiger partial charge in [-0.25, -0.2) is 18.6 Å². The highest BCUT2D eigenvalue weighted by Crippen LogP contribution is 2.41. The van der Waals surface area contributed by atoms with Crippen molar-refractivity contribution in [2.75, 3.05) is 31.1 Å². The van der Waals surface area contributed by atoms with E-state index in [1.807, 2.05) is 56.9 Å². The largest absolute Gasteiger partial charge is 0.444 e. The molecule has 1 N–H and O–H groups in total. The quantitative estimate of drug-likeness (QED) is 0.434. The first-order chi connectivity index (χ1) is 18.5. The molecular weight excluding hydrogens is 502 g/mol. The summed E-state index contributed by atoms with van der Waals surface area (Å²) in [7, 11) is 0. The lowest BCUT2D eigenvalue weighted by Crippen LogP contribution is -2.50. The molecule has 3 aromatic rings. The number of aromatic nitrogens is 1. The van der Waals surface area contributed by atoms with Crippen molar-refractivity contribution in [3.05, 3.63) is 88.7 Å². The highest BCUT2D eigenvalue weighted by molar-refractivity contribution is 5.80. The number of anilines is 1. The third-order valence-electron chi connectivity index (χ3n) is 6.95. The maximum absolute atomic E-state index is 15.1. The van der Waals surface area contributed by atoms with Crippen molar-refractivity contribution in [1.29, 1.82) is 0 Å². The number of nitrogens with zero attached hydrogens (tertiary/aromatic N) is 4. The van der Waals surface area contributed by atoms with Crippen LogP contribution in [-0.2, 0) is 4.74 Å². The fourth-order valence-electron chi connectivity index (χ4n) is 5.03. The molecule has 0 aliphatic carbocycles. The first-order valence-corrected chi connectivity index (χ1v) is 13.0. The third-order valence-corrected chi connectivity index (χ3v) is 6.95. The highest BCUT2D eigenvalue weighted by atomic mass is 19.1. The zero-order valence-corrected chi connectivity index (χ0v) is 22.5. The predicted octanol–water partition coefficient (Wildman–Crippen LogP) is 6.16. The normalized spacial score (nSPS) is 17.3. The fraction of sp³-hybridized carbons (Fsp3) is 0.333. The molecule has 7 nitrogen and oxygen atoms in total. The molecule has 39 heavy (non-hydrogen) atoms. The van der Waals surface area contributed by atoms with Gasteiger partial charge in [0.05, 0.1) is 5.69 Å². The number of benzene rings is 2. The summed E-state index contributed by atoms with van der Waals surface area (Å²) in [6.07, 6.45) is 2.86. The molecular formula is C30H32F2N4O3. The number of pyridine rings is 1. The Morgan fingerprint density at radius 3 is 2.41 bits per heavy atom. The van der Waals surface area contributed by atoms with Gasteiger partial charge in [0.2, 0.25) is 0 Å². The molecule has 5 rings (SSSR count). The zero-order chi connectivity index (χ0) is 27.9. The number of hydrogen-bond donors (Lipinski definition) is 1. The second-order valence-electron chi connectivity index (χ2n) is 10.9. The van der Waals surface area contributed by atoms with Gasteiger partial charge in [0.25, 0.3) is 0 Å². The average Bonchev–Trinajstić information content (AvgIpc) is 2.88. The van der Waals surface area contributed by atoms with Gasteiger partial charge in [-0.15, -0.1) is 0 Å². The zero-order valence-electron chi connectivity index (χ0n) is 22.5. The third kappa shape index (κ3) is 5.45. The summed E-state index contributed by atoms with van der Waals surface area (Å²) in [5.74, 6) is -0.762. The summed E-state index contributed by atoms with van der Waals surface area (Å²) in [5.41, 5.74) is 3.23. The van der Waals surface area contributed by atoms with E-state index in [4.69, 9.17) is 9.72 Å². The summed E-state index contributed by atoms with van der Waals surface area (Å²) in [6.45, 7) is 9.30. The second-order valence-corrected chi connectivity index (χ2v) is 10.9. The fourth-order valence-corrected chi connectivity index (χ4v) is 5.03. The Morgan fingerprint density at radius 1 is 1.03 bits per heavy atom. The van der Waals surface area contributed by atoms with E-state index in [0.717, 1.165) is 22.3 Å². The van der Waals surface area contributed by atoms with Crippen molar-refractivity contribution in [3.8, 4) is 11.1 Å². The Hall–Kier alpha value is -3.98. The molecule has 1 unspecified atom stereocenters. The van der Waals surface area contributed by atoms with Gasteiger partial charge in [0, 0.05) is 49.6 Å². The molecule has 2 aliphatic rings. The van der Waals surface area contributed by atoms with Crippen molar-refractivity contribution >= 4 is 18.0 Å². The number of rotatable bonds is 3. The molecule has 1 saturated heterocycles. The number of halogens is 2. The Labute approximate surface area is 226 Å². The number of fused-ring (bicyclic) bond motifs is 1. The molecule has 2 aliphatic heterocycles. The molecule has 9 heteroatoms. The molecule has 204 valence electrons. The summed E-state index contributed by atoms with van der Waals surface area (Å²) in [6, 6.07) is 12.4. The van der Waals surface area contributed by atoms with Crippen molar-refractivity contribution in [1.82, 2.24) is 14.9 Å². The van der Waals surface area contributed by atoms with Crippen LogP contribution in [0.4, 0.5) is 19.4 Å². The second kappa shape index (κ2) is 10.3. The van der Waals surface area contributed by atoms with E-state index in [9.17, 15) is 14.4 Å². The van der Waals surface area contributed by atoms with Crippen molar-refractivity contribution in [3.63, 3.8) is 0 Å². The van der Waals surface area contributed by atoms with E-state index < -0.39 is 23.3 Å². The van der Waals surface area contributed by atoms with Gasteiger partial charge < -0.3 is 14.5 Å². The molecule has 0 saturated carbocycles. The van der Waals surface area contributed by atoms with Crippen molar-refractivity contribution in [2.24, 2.45) is 0 Å². The number of amides is 1. The van der Waals surface area contributed by atoms with Crippen LogP contribution in [0, 0.1) is 18.6 Å². The van der Waals surface area contributed by atoms with Crippen LogP contribution >= 0.6 is 0 Å². The summed E-state index contributed by atoms with van der Waals surface area (Å²) >= 11 is 0. The van der Waals surface area contributed by atoms with Crippen LogP contribution < -0.4 is 4.90 Å². The minimum absolute atomic E-state index is 0.239. The van der Waals surface area contributed by atoms with Gasteiger partial charge in [0.1, 0.15) is 29.1 Å². The van der Waals surface area contributed by atoms with Gasteiger partial charge in [0.15, 0.2) is 0 Å². The van der Waals surface area contributed by atoms with E-state index in [0.29, 0.717) is 48.8 Å². The van der Waals surface area contributed by atoms with Gasteiger partial charge in [-0.3, -0.25) is 10.3 Å². The molecule has 0 spiro atoms. The van der Waals surface area contributed by atoms with Crippen LogP contribution in [0.5, 0.6) is 0 Å². The number of piperazine rings is 1. The Morgan fingerprint density at radius 2 is 1.74 bits per heavy atom. The summed E-state index contributed by atoms with van der Waals surface area (Å²) in [5, 5.41) is 12.1. The molecule has 3 heterocycles. The average molecular weight is 535 g/mol. The molecule has 2 aromatic carbocycles. The Balaban J connectivity index is 1.57. The monoisotopic (exact) mass is 534 g/mol. The van der Waals surface area contributed by atoms with E-state index in [1.54, 1.807) is 17.0 Å². The smallest absolute Gasteiger partial charge is 0.410 e. The topological polar surface area (TPSA) is 69.1 Å². The molecule has 1 atom stereocenters. The van der Waals surface area contributed by atoms with Crippen LogP contribution in [0.1, 0.15) is 49.2 Å². The molecule has 0 bridgehead atoms. The van der Waals surface area contributed by atoms with Gasteiger partial charge in [-0.05, 0) is 68.7 Å². The number of ether oxygens (including phenoxy) is 1. The number of hydroxylamine groups is 2. The SMILES string of the molecule is Cc1ccccc1C1c2nc(N3CCN(C(=O)OC(C)(C)C)CC3)cc(-c3ccc(F)cc3F)c2C=CN1O. The van der Waals surface area contributed by atoms with Crippen LogP contribution in [0.25, 0.3) is 17.2 Å². The number of carbonyl (C=O) groups is 1. The standard InChI is InChI=1S/C30H32F2N4O3/c1-19-7-5-6-8-21(19)28-27-23(11-12-36(28)38)24(22-10-9-20(31)17-25(22)32)18-26(33-27)34-13-15-35(16-14-34)29(37)39-30(2,3)4/h5-12,17-18,28,38H,13-16H2,1-4H3. The lowest BCUT2D eigenvalue weighted by molar-refractivity contribution is -0.0698. The number of aryl methyl sites for hydroxylation is 1. The minimum atomic E-state index is -0.684. The molecule has 1 aromatic heterocycles. The van der Waals surface area contributed by atoms with E-state index in [-0.39, 0.29) is 11.7 Å². The van der Waals surface area contributed by atoms with Crippen LogP contribution in [0.2, 0.25) is 0 Å². The molecule has 1 fully saturated rings. The van der Waals surface area contributed by atoms with E-state index >= 15 is 4.39 Å². The maximum atomic E-state index is 15.1. The summed E-state index contributed by atoms with van der Waals surface area (Å²) in [4.78, 5) is 21.3. The predicted molar refractivity (Wildman–Crippen MR) is 145 cm³/mol. The van der Waals surface area contributed by atoms with Gasteiger partial charge in [-0.2, -0.15) is 0 Å². The van der Waals surface area contributed by atoms with Crippen LogP contribution in [-0.4, -0.2) is 58.0 Å². The Bertz CT molecular complexity index is 1430. The molecule has 1 amide bonds. The lowest BCUT2D eigenvalue weighted by Gasteiger charge is -2.37.